The van der Waals surface area contributed by atoms with Crippen LogP contribution >= 0.6 is 11.8 Å². The van der Waals surface area contributed by atoms with Crippen molar-refractivity contribution in [2.45, 2.75) is 18.6 Å². The summed E-state index contributed by atoms with van der Waals surface area (Å²) in [7, 11) is 0. The Kier molecular flexibility index (Phi) is 5.26. The normalized spacial score (nSPS) is 23.2. The number of thioether (sulfide) groups is 1. The number of amides is 2. The molecule has 0 unspecified atom stereocenters. The van der Waals surface area contributed by atoms with E-state index in [2.05, 4.69) is 31.2 Å². The fourth-order valence-electron chi connectivity index (χ4n) is 3.11. The predicted octanol–water partition coefficient (Wildman–Crippen LogP) is 2.93. The molecular formula is C17H24N2O2S. The number of morpholine rings is 1. The van der Waals surface area contributed by atoms with Gasteiger partial charge >= 0.3 is 6.03 Å². The highest BCUT2D eigenvalue weighted by Crippen LogP contribution is 2.36. The number of rotatable bonds is 1. The number of ether oxygens (including phenoxy) is 1. The lowest BCUT2D eigenvalue weighted by molar-refractivity contribution is 0.0438. The first-order valence-corrected chi connectivity index (χ1v) is 9.09. The molecule has 1 aromatic rings. The molecule has 2 fully saturated rings. The number of benzene rings is 1. The fraction of sp³-hybridized carbons (Fsp3) is 0.588. The Balaban J connectivity index is 1.62. The third kappa shape index (κ3) is 3.58. The Bertz CT molecular complexity index is 517. The lowest BCUT2D eigenvalue weighted by atomic mass is 10.0. The van der Waals surface area contributed by atoms with Crippen molar-refractivity contribution >= 4 is 17.8 Å². The summed E-state index contributed by atoms with van der Waals surface area (Å²) in [4.78, 5) is 16.6. The average molecular weight is 320 g/mol. The zero-order valence-electron chi connectivity index (χ0n) is 13.2. The second-order valence-corrected chi connectivity index (χ2v) is 7.18. The number of nitrogens with zero attached hydrogens (tertiary/aromatic N) is 2. The number of carbonyl (C=O) groups excluding carboxylic acids is 1. The molecule has 0 aliphatic carbocycles. The van der Waals surface area contributed by atoms with Gasteiger partial charge in [0.2, 0.25) is 0 Å². The maximum absolute atomic E-state index is 12.6. The standard InChI is InChI=1S/C17H24N2O2S/c1-14-4-2-3-5-15(14)16-6-7-18(10-13-22-16)17(20)19-8-11-21-12-9-19/h2-5,16H,6-13H2,1H3/t16-/m0/s1. The SMILES string of the molecule is Cc1ccccc1[C@@H]1CCN(C(=O)N2CCOCC2)CCS1. The van der Waals surface area contributed by atoms with E-state index in [9.17, 15) is 4.79 Å². The molecule has 2 aliphatic heterocycles. The van der Waals surface area contributed by atoms with Gasteiger partial charge in [-0.1, -0.05) is 24.3 Å². The molecule has 1 atom stereocenters. The molecule has 0 saturated carbocycles. The zero-order valence-corrected chi connectivity index (χ0v) is 14.0. The number of aryl methyl sites for hydroxylation is 1. The van der Waals surface area contributed by atoms with Gasteiger partial charge in [0.25, 0.3) is 0 Å². The minimum Gasteiger partial charge on any atom is -0.378 e. The maximum atomic E-state index is 12.6. The molecule has 2 aliphatic rings. The molecule has 22 heavy (non-hydrogen) atoms. The molecule has 2 saturated heterocycles. The van der Waals surface area contributed by atoms with Crippen LogP contribution in [0.1, 0.15) is 22.8 Å². The van der Waals surface area contributed by atoms with Gasteiger partial charge in [-0.15, -0.1) is 0 Å². The molecule has 0 N–H and O–H groups in total. The van der Waals surface area contributed by atoms with Crippen LogP contribution < -0.4 is 0 Å². The van der Waals surface area contributed by atoms with Gasteiger partial charge in [-0.25, -0.2) is 4.79 Å². The highest BCUT2D eigenvalue weighted by molar-refractivity contribution is 7.99. The van der Waals surface area contributed by atoms with E-state index in [0.717, 1.165) is 38.4 Å². The summed E-state index contributed by atoms with van der Waals surface area (Å²) >= 11 is 1.98. The van der Waals surface area contributed by atoms with Crippen LogP contribution in [0, 0.1) is 6.92 Å². The fourth-order valence-corrected chi connectivity index (χ4v) is 4.44. The third-order valence-electron chi connectivity index (χ3n) is 4.43. The summed E-state index contributed by atoms with van der Waals surface area (Å²) in [6, 6.07) is 8.80. The molecule has 5 heteroatoms. The van der Waals surface area contributed by atoms with Gasteiger partial charge in [0.05, 0.1) is 13.2 Å². The van der Waals surface area contributed by atoms with E-state index in [1.54, 1.807) is 0 Å². The van der Waals surface area contributed by atoms with Crippen LogP contribution in [0.25, 0.3) is 0 Å². The third-order valence-corrected chi connectivity index (χ3v) is 5.74. The van der Waals surface area contributed by atoms with Crippen molar-refractivity contribution in [3.63, 3.8) is 0 Å². The maximum Gasteiger partial charge on any atom is 0.320 e. The molecular weight excluding hydrogens is 296 g/mol. The molecule has 2 amide bonds. The van der Waals surface area contributed by atoms with E-state index in [1.807, 2.05) is 21.6 Å². The highest BCUT2D eigenvalue weighted by Gasteiger charge is 2.26. The molecule has 2 heterocycles. The van der Waals surface area contributed by atoms with E-state index >= 15 is 0 Å². The van der Waals surface area contributed by atoms with E-state index in [1.165, 1.54) is 11.1 Å². The Labute approximate surface area is 136 Å². The van der Waals surface area contributed by atoms with Crippen LogP contribution in [-0.2, 0) is 4.74 Å². The Morgan fingerprint density at radius 1 is 1.14 bits per heavy atom. The summed E-state index contributed by atoms with van der Waals surface area (Å²) in [5.41, 5.74) is 2.78. The Hall–Kier alpha value is -1.20. The van der Waals surface area contributed by atoms with Crippen molar-refractivity contribution in [3.05, 3.63) is 35.4 Å². The molecule has 1 aromatic carbocycles. The van der Waals surface area contributed by atoms with Crippen molar-refractivity contribution in [2.75, 3.05) is 45.1 Å². The van der Waals surface area contributed by atoms with E-state index in [4.69, 9.17) is 4.74 Å². The highest BCUT2D eigenvalue weighted by atomic mass is 32.2. The van der Waals surface area contributed by atoms with Gasteiger partial charge in [-0.3, -0.25) is 0 Å². The Morgan fingerprint density at radius 3 is 2.64 bits per heavy atom. The van der Waals surface area contributed by atoms with Crippen LogP contribution in [-0.4, -0.2) is 61.0 Å². The van der Waals surface area contributed by atoms with Crippen LogP contribution in [0.3, 0.4) is 0 Å². The average Bonchev–Trinajstić information content (AvgIpc) is 2.81. The van der Waals surface area contributed by atoms with Gasteiger partial charge in [0.15, 0.2) is 0 Å². The topological polar surface area (TPSA) is 32.8 Å². The number of urea groups is 1. The first-order valence-electron chi connectivity index (χ1n) is 8.04. The number of carbonyl (C=O) groups is 1. The first-order chi connectivity index (χ1) is 10.8. The van der Waals surface area contributed by atoms with Gasteiger partial charge < -0.3 is 14.5 Å². The molecule has 0 spiro atoms. The first kappa shape index (κ1) is 15.7. The van der Waals surface area contributed by atoms with E-state index < -0.39 is 0 Å². The van der Waals surface area contributed by atoms with Gasteiger partial charge in [0, 0.05) is 37.2 Å². The number of hydrogen-bond acceptors (Lipinski definition) is 3. The minimum atomic E-state index is 0.189. The summed E-state index contributed by atoms with van der Waals surface area (Å²) in [5, 5.41) is 0.503. The largest absolute Gasteiger partial charge is 0.378 e. The van der Waals surface area contributed by atoms with Crippen molar-refractivity contribution in [2.24, 2.45) is 0 Å². The molecule has 4 nitrogen and oxygen atoms in total. The quantitative estimate of drug-likeness (QED) is 0.797. The van der Waals surface area contributed by atoms with Crippen molar-refractivity contribution in [3.8, 4) is 0 Å². The smallest absolute Gasteiger partial charge is 0.320 e. The molecule has 0 bridgehead atoms. The number of hydrogen-bond donors (Lipinski definition) is 0. The molecule has 120 valence electrons. The monoisotopic (exact) mass is 320 g/mol. The minimum absolute atomic E-state index is 0.189. The predicted molar refractivity (Wildman–Crippen MR) is 90.4 cm³/mol. The van der Waals surface area contributed by atoms with Gasteiger partial charge in [-0.2, -0.15) is 11.8 Å². The van der Waals surface area contributed by atoms with Gasteiger partial charge in [0.1, 0.15) is 0 Å². The summed E-state index contributed by atoms with van der Waals surface area (Å²) < 4.78 is 5.33. The second kappa shape index (κ2) is 7.38. The van der Waals surface area contributed by atoms with Crippen molar-refractivity contribution in [1.82, 2.24) is 9.80 Å². The molecule has 0 aromatic heterocycles. The van der Waals surface area contributed by atoms with Crippen molar-refractivity contribution < 1.29 is 9.53 Å². The van der Waals surface area contributed by atoms with Crippen LogP contribution in [0.5, 0.6) is 0 Å². The summed E-state index contributed by atoms with van der Waals surface area (Å²) in [5.74, 6) is 1.01. The lowest BCUT2D eigenvalue weighted by Gasteiger charge is -2.32. The lowest BCUT2D eigenvalue weighted by Crippen LogP contribution is -2.48. The van der Waals surface area contributed by atoms with Crippen LogP contribution in [0.2, 0.25) is 0 Å². The molecule has 3 rings (SSSR count). The summed E-state index contributed by atoms with van der Waals surface area (Å²) in [6.07, 6.45) is 1.03. The van der Waals surface area contributed by atoms with Crippen molar-refractivity contribution in [1.29, 1.82) is 0 Å². The molecule has 0 radical (unpaired) electrons. The van der Waals surface area contributed by atoms with E-state index in [0.29, 0.717) is 18.5 Å². The summed E-state index contributed by atoms with van der Waals surface area (Å²) in [6.45, 7) is 6.66. The zero-order chi connectivity index (χ0) is 15.4. The van der Waals surface area contributed by atoms with E-state index in [-0.39, 0.29) is 6.03 Å². The van der Waals surface area contributed by atoms with Crippen LogP contribution in [0.4, 0.5) is 4.79 Å². The van der Waals surface area contributed by atoms with Gasteiger partial charge in [-0.05, 0) is 24.5 Å². The Morgan fingerprint density at radius 2 is 1.86 bits per heavy atom. The van der Waals surface area contributed by atoms with Crippen LogP contribution in [0.15, 0.2) is 24.3 Å². The second-order valence-electron chi connectivity index (χ2n) is 5.87.